The van der Waals surface area contributed by atoms with Crippen molar-refractivity contribution in [3.63, 3.8) is 0 Å². The second kappa shape index (κ2) is 22.2. The largest absolute Gasteiger partial charge is 0.494 e. The summed E-state index contributed by atoms with van der Waals surface area (Å²) < 4.78 is 71.1. The van der Waals surface area contributed by atoms with Crippen LogP contribution < -0.4 is 9.47 Å². The fourth-order valence-corrected chi connectivity index (χ4v) is 10.2. The van der Waals surface area contributed by atoms with Crippen molar-refractivity contribution in [3.8, 4) is 11.5 Å². The van der Waals surface area contributed by atoms with Crippen molar-refractivity contribution in [2.24, 2.45) is 10.8 Å². The van der Waals surface area contributed by atoms with Gasteiger partial charge in [-0.25, -0.2) is 8.78 Å². The lowest BCUT2D eigenvalue weighted by molar-refractivity contribution is 0.0416. The lowest BCUT2D eigenvalue weighted by atomic mass is 9.84. The lowest BCUT2D eigenvalue weighted by Gasteiger charge is -2.44. The number of hydrogen-bond donors (Lipinski definition) is 0. The van der Waals surface area contributed by atoms with Crippen LogP contribution in [-0.2, 0) is 17.7 Å². The van der Waals surface area contributed by atoms with Crippen LogP contribution in [0.4, 0.5) is 8.78 Å². The van der Waals surface area contributed by atoms with Crippen LogP contribution in [-0.4, -0.2) is 72.9 Å². The van der Waals surface area contributed by atoms with E-state index in [0.717, 1.165) is 25.7 Å². The van der Waals surface area contributed by atoms with Gasteiger partial charge in [-0.15, -0.1) is 0 Å². The molecular formula is C52H94F2O6Si4. The van der Waals surface area contributed by atoms with Crippen LogP contribution in [0.1, 0.15) is 134 Å². The summed E-state index contributed by atoms with van der Waals surface area (Å²) in [7, 11) is -8.02. The molecular weight excluding hydrogens is 871 g/mol. The molecule has 0 amide bonds. The Morgan fingerprint density at radius 2 is 0.625 bits per heavy atom. The molecule has 12 heteroatoms. The first-order valence-corrected chi connectivity index (χ1v) is 35.6. The standard InChI is InChI=1S/C52H94F2O6Si4/c1-23-51(37-57-61(15,16)47(3,4)5,38-58-62(17,18)48(6,7)8)33-35-55-43-29-25-41(26-30-43)45(53)46(54)42-27-31-44(32-28-42)56-36-34-52(24-2,39-59-63(19,20)49(9,10)11)40-60-64(21,22)50(12,13)14/h25-32H,23-24,33-40H2,1-22H3/b46-45+. The smallest absolute Gasteiger partial charge is 0.192 e. The first-order valence-electron chi connectivity index (χ1n) is 24.0. The number of hydrogen-bond acceptors (Lipinski definition) is 6. The maximum absolute atomic E-state index is 15.7. The minimum absolute atomic E-state index is 0.0940. The van der Waals surface area contributed by atoms with Gasteiger partial charge in [0.2, 0.25) is 0 Å². The first-order chi connectivity index (χ1) is 28.9. The monoisotopic (exact) mass is 965 g/mol. The highest BCUT2D eigenvalue weighted by Crippen LogP contribution is 2.44. The van der Waals surface area contributed by atoms with Crippen molar-refractivity contribution in [2.45, 2.75) is 195 Å². The van der Waals surface area contributed by atoms with E-state index in [-0.39, 0.29) is 42.1 Å². The summed E-state index contributed by atoms with van der Waals surface area (Å²) in [5.41, 5.74) is -0.144. The van der Waals surface area contributed by atoms with Gasteiger partial charge in [-0.3, -0.25) is 0 Å². The molecule has 0 spiro atoms. The highest BCUT2D eigenvalue weighted by Gasteiger charge is 2.45. The minimum atomic E-state index is -2.01. The molecule has 0 aliphatic rings. The van der Waals surface area contributed by atoms with Crippen LogP contribution in [0.15, 0.2) is 48.5 Å². The fraction of sp³-hybridized carbons (Fsp3) is 0.731. The molecule has 0 unspecified atom stereocenters. The van der Waals surface area contributed by atoms with Gasteiger partial charge in [0, 0.05) is 48.4 Å². The van der Waals surface area contributed by atoms with E-state index in [9.17, 15) is 0 Å². The predicted molar refractivity (Wildman–Crippen MR) is 280 cm³/mol. The molecule has 0 fully saturated rings. The summed E-state index contributed by atoms with van der Waals surface area (Å²) in [6.45, 7) is 53.3. The van der Waals surface area contributed by atoms with E-state index in [2.05, 4.69) is 149 Å². The Morgan fingerprint density at radius 1 is 0.406 bits per heavy atom. The Bertz CT molecular complexity index is 1570. The number of ether oxygens (including phenoxy) is 2. The molecule has 0 saturated heterocycles. The third-order valence-electron chi connectivity index (χ3n) is 15.9. The summed E-state index contributed by atoms with van der Waals surface area (Å²) in [4.78, 5) is 0. The van der Waals surface area contributed by atoms with Crippen molar-refractivity contribution < 1.29 is 36.0 Å². The molecule has 2 rings (SSSR count). The quantitative estimate of drug-likeness (QED) is 0.0772. The predicted octanol–water partition coefficient (Wildman–Crippen LogP) is 16.9. The summed E-state index contributed by atoms with van der Waals surface area (Å²) in [6.07, 6.45) is 3.27. The van der Waals surface area contributed by atoms with E-state index in [4.69, 9.17) is 27.2 Å². The molecule has 2 aromatic rings. The van der Waals surface area contributed by atoms with Gasteiger partial charge in [0.25, 0.3) is 0 Å². The highest BCUT2D eigenvalue weighted by atomic mass is 28.4. The molecule has 0 aliphatic carbocycles. The van der Waals surface area contributed by atoms with Crippen molar-refractivity contribution in [2.75, 3.05) is 39.6 Å². The molecule has 368 valence electrons. The maximum Gasteiger partial charge on any atom is 0.192 e. The molecule has 64 heavy (non-hydrogen) atoms. The normalized spacial score (nSPS) is 14.8. The summed E-state index contributed by atoms with van der Waals surface area (Å²) >= 11 is 0. The maximum atomic E-state index is 15.7. The molecule has 2 aromatic carbocycles. The van der Waals surface area contributed by atoms with Crippen molar-refractivity contribution in [3.05, 3.63) is 59.7 Å². The summed E-state index contributed by atoms with van der Waals surface area (Å²) in [5, 5.41) is 0.376. The minimum Gasteiger partial charge on any atom is -0.494 e. The van der Waals surface area contributed by atoms with Crippen molar-refractivity contribution >= 4 is 44.9 Å². The summed E-state index contributed by atoms with van der Waals surface area (Å²) in [5.74, 6) is -0.646. The van der Waals surface area contributed by atoms with Gasteiger partial charge in [0.15, 0.2) is 44.9 Å². The average Bonchev–Trinajstić information content (AvgIpc) is 3.18. The Morgan fingerprint density at radius 3 is 0.812 bits per heavy atom. The van der Waals surface area contributed by atoms with Crippen LogP contribution in [0.5, 0.6) is 11.5 Å². The van der Waals surface area contributed by atoms with Crippen molar-refractivity contribution in [1.82, 2.24) is 0 Å². The molecule has 0 atom stereocenters. The Labute approximate surface area is 395 Å². The number of halogens is 2. The molecule has 0 saturated carbocycles. The van der Waals surface area contributed by atoms with E-state index in [1.807, 2.05) is 0 Å². The zero-order valence-electron chi connectivity index (χ0n) is 44.9. The van der Waals surface area contributed by atoms with Gasteiger partial charge in [-0.05, 0) is 147 Å². The van der Waals surface area contributed by atoms with Crippen LogP contribution >= 0.6 is 0 Å². The second-order valence-electron chi connectivity index (χ2n) is 24.8. The first kappa shape index (κ1) is 58.5. The SMILES string of the molecule is CCC(CCOc1ccc(/C(F)=C(\F)c2ccc(OCCC(CC)(CO[Si](C)(C)C(C)(C)C)CO[Si](C)(C)C(C)(C)C)cc2)cc1)(CO[Si](C)(C)C(C)(C)C)CO[Si](C)(C)C(C)(C)C. The third kappa shape index (κ3) is 16.3. The molecule has 0 heterocycles. The van der Waals surface area contributed by atoms with Gasteiger partial charge in [0.05, 0.1) is 13.2 Å². The topological polar surface area (TPSA) is 55.4 Å². The molecule has 0 aromatic heterocycles. The van der Waals surface area contributed by atoms with Crippen LogP contribution in [0.2, 0.25) is 72.5 Å². The number of rotatable bonds is 24. The van der Waals surface area contributed by atoms with E-state index in [0.29, 0.717) is 51.1 Å². The van der Waals surface area contributed by atoms with Gasteiger partial charge < -0.3 is 27.2 Å². The van der Waals surface area contributed by atoms with E-state index >= 15 is 8.78 Å². The molecule has 0 bridgehead atoms. The Hall–Kier alpha value is -1.65. The van der Waals surface area contributed by atoms with Crippen LogP contribution in [0.25, 0.3) is 11.7 Å². The molecule has 0 radical (unpaired) electrons. The molecule has 0 aliphatic heterocycles. The van der Waals surface area contributed by atoms with E-state index in [1.54, 1.807) is 48.5 Å². The summed E-state index contributed by atoms with van der Waals surface area (Å²) in [6, 6.07) is 13.1. The average molecular weight is 966 g/mol. The zero-order chi connectivity index (χ0) is 49.4. The lowest BCUT2D eigenvalue weighted by Crippen LogP contribution is -2.48. The molecule has 6 nitrogen and oxygen atoms in total. The van der Waals surface area contributed by atoms with Gasteiger partial charge in [-0.1, -0.05) is 96.9 Å². The van der Waals surface area contributed by atoms with E-state index in [1.165, 1.54) is 0 Å². The third-order valence-corrected chi connectivity index (χ3v) is 33.8. The number of benzene rings is 2. The van der Waals surface area contributed by atoms with Gasteiger partial charge in [0.1, 0.15) is 11.5 Å². The Balaban J connectivity index is 2.18. The van der Waals surface area contributed by atoms with Crippen LogP contribution in [0, 0.1) is 10.8 Å². The molecule has 0 N–H and O–H groups in total. The van der Waals surface area contributed by atoms with Crippen molar-refractivity contribution in [1.29, 1.82) is 0 Å². The van der Waals surface area contributed by atoms with E-state index < -0.39 is 44.9 Å². The zero-order valence-corrected chi connectivity index (χ0v) is 48.9. The fourth-order valence-electron chi connectivity index (χ4n) is 5.75. The van der Waals surface area contributed by atoms with Gasteiger partial charge >= 0.3 is 0 Å². The highest BCUT2D eigenvalue weighted by molar-refractivity contribution is 6.75. The second-order valence-corrected chi connectivity index (χ2v) is 44.0. The Kier molecular flexibility index (Phi) is 20.3. The van der Waals surface area contributed by atoms with Gasteiger partial charge in [-0.2, -0.15) is 0 Å². The van der Waals surface area contributed by atoms with Crippen LogP contribution in [0.3, 0.4) is 0 Å².